The van der Waals surface area contributed by atoms with Crippen molar-refractivity contribution in [1.29, 1.82) is 0 Å². The Bertz CT molecular complexity index is 694. The minimum absolute atomic E-state index is 0. The summed E-state index contributed by atoms with van der Waals surface area (Å²) >= 11 is 6.39. The molecular weight excluding hydrogens is 385 g/mol. The lowest BCUT2D eigenvalue weighted by atomic mass is 9.99. The molecule has 7 heteroatoms. The highest BCUT2D eigenvalue weighted by atomic mass is 35.5. The van der Waals surface area contributed by atoms with Crippen molar-refractivity contribution in [1.82, 2.24) is 15.1 Å². The highest BCUT2D eigenvalue weighted by Gasteiger charge is 2.42. The molecule has 1 aliphatic carbocycles. The maximum Gasteiger partial charge on any atom is 0.228 e. The van der Waals surface area contributed by atoms with Gasteiger partial charge in [-0.05, 0) is 24.5 Å². The number of piperazine rings is 1. The summed E-state index contributed by atoms with van der Waals surface area (Å²) in [7, 11) is 0. The molecule has 2 atom stereocenters. The van der Waals surface area contributed by atoms with Crippen LogP contribution in [0.4, 0.5) is 0 Å². The van der Waals surface area contributed by atoms with E-state index in [1.807, 2.05) is 34.1 Å². The molecule has 3 aliphatic rings. The summed E-state index contributed by atoms with van der Waals surface area (Å²) < 4.78 is 0. The van der Waals surface area contributed by atoms with Crippen LogP contribution in [0.1, 0.15) is 43.7 Å². The molecule has 1 N–H and O–H groups in total. The van der Waals surface area contributed by atoms with Crippen LogP contribution in [-0.2, 0) is 9.59 Å². The van der Waals surface area contributed by atoms with Crippen LogP contribution in [-0.4, -0.2) is 53.8 Å². The van der Waals surface area contributed by atoms with Gasteiger partial charge in [-0.25, -0.2) is 0 Å². The Kier molecular flexibility index (Phi) is 6.66. The number of nitrogens with zero attached hydrogens (tertiary/aromatic N) is 2. The van der Waals surface area contributed by atoms with E-state index >= 15 is 0 Å². The molecule has 3 fully saturated rings. The lowest BCUT2D eigenvalue weighted by Crippen LogP contribution is -2.51. The lowest BCUT2D eigenvalue weighted by Gasteiger charge is -2.38. The number of rotatable bonds is 3. The zero-order valence-corrected chi connectivity index (χ0v) is 17.0. The van der Waals surface area contributed by atoms with Crippen LogP contribution in [0, 0.1) is 5.92 Å². The summed E-state index contributed by atoms with van der Waals surface area (Å²) in [5.74, 6) is 0.0381. The van der Waals surface area contributed by atoms with Gasteiger partial charge in [-0.2, -0.15) is 0 Å². The molecule has 4 rings (SSSR count). The second-order valence-electron chi connectivity index (χ2n) is 7.66. The molecule has 2 unspecified atom stereocenters. The number of likely N-dealkylation sites (tertiary alicyclic amines) is 1. The van der Waals surface area contributed by atoms with E-state index in [2.05, 4.69) is 5.32 Å². The molecule has 2 aliphatic heterocycles. The Morgan fingerprint density at radius 2 is 1.93 bits per heavy atom. The summed E-state index contributed by atoms with van der Waals surface area (Å²) in [6.45, 7) is 2.71. The lowest BCUT2D eigenvalue weighted by molar-refractivity contribution is -0.139. The van der Waals surface area contributed by atoms with Crippen molar-refractivity contribution in [3.63, 3.8) is 0 Å². The Morgan fingerprint density at radius 1 is 1.19 bits per heavy atom. The molecule has 27 heavy (non-hydrogen) atoms. The predicted molar refractivity (Wildman–Crippen MR) is 108 cm³/mol. The third-order valence-corrected chi connectivity index (χ3v) is 6.41. The van der Waals surface area contributed by atoms with Crippen molar-refractivity contribution in [2.24, 2.45) is 5.92 Å². The fourth-order valence-electron chi connectivity index (χ4n) is 4.69. The molecule has 0 spiro atoms. The van der Waals surface area contributed by atoms with E-state index in [1.54, 1.807) is 0 Å². The van der Waals surface area contributed by atoms with E-state index < -0.39 is 0 Å². The minimum atomic E-state index is -0.216. The van der Waals surface area contributed by atoms with Crippen LogP contribution < -0.4 is 5.32 Å². The van der Waals surface area contributed by atoms with Gasteiger partial charge >= 0.3 is 0 Å². The zero-order chi connectivity index (χ0) is 18.1. The van der Waals surface area contributed by atoms with E-state index in [0.717, 1.165) is 24.9 Å². The molecule has 0 radical (unpaired) electrons. The zero-order valence-electron chi connectivity index (χ0n) is 15.4. The Hall–Kier alpha value is -1.30. The molecule has 5 nitrogen and oxygen atoms in total. The SMILES string of the molecule is Cl.O=C1CC(C(=O)N2CCNCC2c2ccccc2Cl)CN1C1CCCC1. The summed E-state index contributed by atoms with van der Waals surface area (Å²) in [4.78, 5) is 29.7. The molecule has 0 aromatic heterocycles. The van der Waals surface area contributed by atoms with Gasteiger partial charge in [0.25, 0.3) is 0 Å². The first kappa shape index (κ1) is 20.4. The van der Waals surface area contributed by atoms with Crippen LogP contribution in [0.15, 0.2) is 24.3 Å². The van der Waals surface area contributed by atoms with E-state index in [4.69, 9.17) is 11.6 Å². The predicted octanol–water partition coefficient (Wildman–Crippen LogP) is 3.03. The normalized spacial score (nSPS) is 26.3. The third-order valence-electron chi connectivity index (χ3n) is 6.06. The molecule has 1 aromatic rings. The number of benzene rings is 1. The Balaban J connectivity index is 0.00000210. The quantitative estimate of drug-likeness (QED) is 0.831. The van der Waals surface area contributed by atoms with Gasteiger partial charge in [-0.15, -0.1) is 12.4 Å². The van der Waals surface area contributed by atoms with Gasteiger partial charge in [0.05, 0.1) is 12.0 Å². The van der Waals surface area contributed by atoms with Crippen molar-refractivity contribution in [3.8, 4) is 0 Å². The first-order valence-electron chi connectivity index (χ1n) is 9.70. The Labute approximate surface area is 171 Å². The van der Waals surface area contributed by atoms with Gasteiger partial charge in [0.1, 0.15) is 0 Å². The first-order valence-corrected chi connectivity index (χ1v) is 10.1. The van der Waals surface area contributed by atoms with E-state index in [1.165, 1.54) is 12.8 Å². The summed E-state index contributed by atoms with van der Waals surface area (Å²) in [5, 5.41) is 4.06. The van der Waals surface area contributed by atoms with E-state index in [-0.39, 0.29) is 36.2 Å². The van der Waals surface area contributed by atoms with Gasteiger partial charge in [0.15, 0.2) is 0 Å². The van der Waals surface area contributed by atoms with Crippen LogP contribution >= 0.6 is 24.0 Å². The molecule has 2 heterocycles. The van der Waals surface area contributed by atoms with Crippen molar-refractivity contribution in [3.05, 3.63) is 34.9 Å². The standard InChI is InChI=1S/C20H26ClN3O2.ClH/c21-17-8-4-3-7-16(17)18-12-22-9-10-23(18)20(26)14-11-19(25)24(13-14)15-5-1-2-6-15;/h3-4,7-8,14-15,18,22H,1-2,5-6,9-13H2;1H. The second-order valence-corrected chi connectivity index (χ2v) is 8.07. The van der Waals surface area contributed by atoms with E-state index in [0.29, 0.717) is 37.1 Å². The highest BCUT2D eigenvalue weighted by molar-refractivity contribution is 6.31. The minimum Gasteiger partial charge on any atom is -0.339 e. The van der Waals surface area contributed by atoms with Crippen LogP contribution in [0.25, 0.3) is 0 Å². The third kappa shape index (κ3) is 4.10. The van der Waals surface area contributed by atoms with Gasteiger partial charge in [0, 0.05) is 43.7 Å². The summed E-state index contributed by atoms with van der Waals surface area (Å²) in [6, 6.07) is 8.01. The van der Waals surface area contributed by atoms with Crippen molar-refractivity contribution >= 4 is 35.8 Å². The second kappa shape index (κ2) is 8.80. The smallest absolute Gasteiger partial charge is 0.228 e. The van der Waals surface area contributed by atoms with Gasteiger partial charge in [-0.3, -0.25) is 9.59 Å². The Morgan fingerprint density at radius 3 is 2.67 bits per heavy atom. The summed E-state index contributed by atoms with van der Waals surface area (Å²) in [5.41, 5.74) is 0.978. The molecule has 148 valence electrons. The number of hydrogen-bond donors (Lipinski definition) is 1. The molecular formula is C20H27Cl2N3O2. The van der Waals surface area contributed by atoms with Crippen molar-refractivity contribution < 1.29 is 9.59 Å². The fourth-order valence-corrected chi connectivity index (χ4v) is 4.95. The van der Waals surface area contributed by atoms with Crippen LogP contribution in [0.5, 0.6) is 0 Å². The number of hydrogen-bond acceptors (Lipinski definition) is 3. The topological polar surface area (TPSA) is 52.7 Å². The molecule has 1 aromatic carbocycles. The largest absolute Gasteiger partial charge is 0.339 e. The van der Waals surface area contributed by atoms with Crippen LogP contribution in [0.3, 0.4) is 0 Å². The van der Waals surface area contributed by atoms with Gasteiger partial charge in [0.2, 0.25) is 11.8 Å². The highest BCUT2D eigenvalue weighted by Crippen LogP contribution is 2.33. The van der Waals surface area contributed by atoms with Gasteiger partial charge in [-0.1, -0.05) is 42.6 Å². The summed E-state index contributed by atoms with van der Waals surface area (Å²) in [6.07, 6.45) is 4.92. The molecule has 1 saturated carbocycles. The van der Waals surface area contributed by atoms with Gasteiger partial charge < -0.3 is 15.1 Å². The van der Waals surface area contributed by atoms with Crippen molar-refractivity contribution in [2.45, 2.75) is 44.2 Å². The first-order chi connectivity index (χ1) is 12.6. The number of nitrogens with one attached hydrogen (secondary N) is 1. The number of halogens is 2. The van der Waals surface area contributed by atoms with Crippen LogP contribution in [0.2, 0.25) is 5.02 Å². The number of carbonyl (C=O) groups is 2. The maximum atomic E-state index is 13.3. The monoisotopic (exact) mass is 411 g/mol. The molecule has 0 bridgehead atoms. The molecule has 2 amide bonds. The maximum absolute atomic E-state index is 13.3. The average Bonchev–Trinajstić information content (AvgIpc) is 3.31. The average molecular weight is 412 g/mol. The van der Waals surface area contributed by atoms with Crippen molar-refractivity contribution in [2.75, 3.05) is 26.2 Å². The fraction of sp³-hybridized carbons (Fsp3) is 0.600. The van der Waals surface area contributed by atoms with E-state index in [9.17, 15) is 9.59 Å². The molecule has 2 saturated heterocycles. The number of amides is 2. The number of carbonyl (C=O) groups excluding carboxylic acids is 2.